The summed E-state index contributed by atoms with van der Waals surface area (Å²) in [6.07, 6.45) is 6.28. The zero-order chi connectivity index (χ0) is 25.0. The van der Waals surface area contributed by atoms with E-state index in [2.05, 4.69) is 26.3 Å². The lowest BCUT2D eigenvalue weighted by Crippen LogP contribution is -2.35. The van der Waals surface area contributed by atoms with Crippen molar-refractivity contribution in [2.45, 2.75) is 31.1 Å². The van der Waals surface area contributed by atoms with Gasteiger partial charge in [-0.2, -0.15) is 0 Å². The van der Waals surface area contributed by atoms with Crippen LogP contribution in [0, 0.1) is 17.6 Å². The lowest BCUT2D eigenvalue weighted by atomic mass is 9.61. The van der Waals surface area contributed by atoms with Gasteiger partial charge in [0.2, 0.25) is 0 Å². The standard InChI is InChI=1S/C27H25F3O2.C2H4/c1-16-4-5-18-12-14-27(15-13-18,23(16)24(28)17(2)32-3)22-11-10-21(25(29)26(22)30)19-6-8-20(31)9-7-19;1-2/h6-12,14,18,31H,1-2,4-5,13,15H2,3H3;1-2H2/t18?,27-;/m1./s1. The summed E-state index contributed by atoms with van der Waals surface area (Å²) >= 11 is 0. The van der Waals surface area contributed by atoms with Gasteiger partial charge in [-0.3, -0.25) is 0 Å². The predicted octanol–water partition coefficient (Wildman–Crippen LogP) is 8.08. The number of fused-ring (bicyclic) bond motifs is 4. The molecule has 1 unspecified atom stereocenters. The largest absolute Gasteiger partial charge is 0.508 e. The lowest BCUT2D eigenvalue weighted by molar-refractivity contribution is 0.280. The summed E-state index contributed by atoms with van der Waals surface area (Å²) in [7, 11) is 1.32. The highest BCUT2D eigenvalue weighted by molar-refractivity contribution is 5.67. The molecule has 5 rings (SSSR count). The molecule has 0 aromatic heterocycles. The van der Waals surface area contributed by atoms with E-state index in [9.17, 15) is 5.11 Å². The van der Waals surface area contributed by atoms with Crippen LogP contribution in [0.5, 0.6) is 5.75 Å². The molecule has 34 heavy (non-hydrogen) atoms. The highest BCUT2D eigenvalue weighted by Crippen LogP contribution is 2.52. The van der Waals surface area contributed by atoms with Gasteiger partial charge in [-0.1, -0.05) is 49.6 Å². The summed E-state index contributed by atoms with van der Waals surface area (Å²) in [5, 5.41) is 9.49. The Bertz CT molecular complexity index is 1160. The number of aromatic hydroxyl groups is 1. The third-order valence-electron chi connectivity index (χ3n) is 6.63. The molecule has 2 nitrogen and oxygen atoms in total. The summed E-state index contributed by atoms with van der Waals surface area (Å²) in [6.45, 7) is 13.7. The number of hydrogen-bond acceptors (Lipinski definition) is 2. The molecule has 2 aromatic rings. The topological polar surface area (TPSA) is 29.5 Å². The SMILES string of the molecule is C=C.C=C1CCC2C=C[C@](c3ccc(-c4ccc(O)cc4)c(F)c3F)(CC2)C1=C(F)C(=C)OC. The summed E-state index contributed by atoms with van der Waals surface area (Å²) in [4.78, 5) is 0. The Morgan fingerprint density at radius 3 is 2.32 bits per heavy atom. The predicted molar refractivity (Wildman–Crippen MR) is 131 cm³/mol. The Morgan fingerprint density at radius 1 is 1.06 bits per heavy atom. The van der Waals surface area contributed by atoms with Crippen molar-refractivity contribution >= 4 is 0 Å². The van der Waals surface area contributed by atoms with Gasteiger partial charge in [0.05, 0.1) is 7.11 Å². The number of phenols is 1. The van der Waals surface area contributed by atoms with Crippen LogP contribution in [0.2, 0.25) is 0 Å². The van der Waals surface area contributed by atoms with Crippen LogP contribution in [0.4, 0.5) is 13.2 Å². The summed E-state index contributed by atoms with van der Waals surface area (Å²) in [5.74, 6) is -2.58. The fraction of sp³-hybridized carbons (Fsp3) is 0.241. The molecule has 0 saturated heterocycles. The smallest absolute Gasteiger partial charge is 0.169 e. The minimum absolute atomic E-state index is 0.0312. The van der Waals surface area contributed by atoms with Gasteiger partial charge in [-0.15, -0.1) is 13.2 Å². The first-order chi connectivity index (χ1) is 16.3. The third kappa shape index (κ3) is 4.35. The van der Waals surface area contributed by atoms with Gasteiger partial charge in [-0.05, 0) is 54.9 Å². The van der Waals surface area contributed by atoms with Crippen LogP contribution in [0.1, 0.15) is 31.2 Å². The molecule has 0 aliphatic heterocycles. The van der Waals surface area contributed by atoms with Gasteiger partial charge in [0.25, 0.3) is 0 Å². The van der Waals surface area contributed by atoms with Gasteiger partial charge < -0.3 is 9.84 Å². The Balaban J connectivity index is 0.00000158. The molecule has 1 saturated carbocycles. The zero-order valence-corrected chi connectivity index (χ0v) is 19.3. The van der Waals surface area contributed by atoms with Crippen molar-refractivity contribution in [3.05, 3.63) is 115 Å². The third-order valence-corrected chi connectivity index (χ3v) is 6.63. The van der Waals surface area contributed by atoms with Crippen molar-refractivity contribution in [3.8, 4) is 16.9 Å². The fourth-order valence-electron chi connectivity index (χ4n) is 4.84. The van der Waals surface area contributed by atoms with Crippen molar-refractivity contribution < 1.29 is 23.0 Å². The molecule has 2 atom stereocenters. The summed E-state index contributed by atoms with van der Waals surface area (Å²) in [6, 6.07) is 8.87. The number of ether oxygens (including phenoxy) is 1. The molecule has 5 heteroatoms. The summed E-state index contributed by atoms with van der Waals surface area (Å²) < 4.78 is 51.6. The second kappa shape index (κ2) is 10.2. The van der Waals surface area contributed by atoms with Crippen molar-refractivity contribution in [3.63, 3.8) is 0 Å². The van der Waals surface area contributed by atoms with Crippen LogP contribution in [-0.4, -0.2) is 12.2 Å². The second-order valence-corrected chi connectivity index (χ2v) is 8.42. The van der Waals surface area contributed by atoms with Crippen LogP contribution in [0.25, 0.3) is 11.1 Å². The van der Waals surface area contributed by atoms with Crippen LogP contribution >= 0.6 is 0 Å². The number of rotatable bonds is 4. The lowest BCUT2D eigenvalue weighted by Gasteiger charge is -2.42. The fourth-order valence-corrected chi connectivity index (χ4v) is 4.84. The van der Waals surface area contributed by atoms with E-state index in [0.717, 1.165) is 12.8 Å². The molecule has 2 bridgehead atoms. The molecule has 0 heterocycles. The van der Waals surface area contributed by atoms with E-state index in [4.69, 9.17) is 4.74 Å². The maximum absolute atomic E-state index is 15.7. The van der Waals surface area contributed by atoms with E-state index < -0.39 is 22.9 Å². The number of benzene rings is 2. The van der Waals surface area contributed by atoms with Gasteiger partial charge >= 0.3 is 0 Å². The quantitative estimate of drug-likeness (QED) is 0.365. The van der Waals surface area contributed by atoms with Crippen molar-refractivity contribution in [2.24, 2.45) is 5.92 Å². The molecule has 0 spiro atoms. The highest BCUT2D eigenvalue weighted by atomic mass is 19.2. The van der Waals surface area contributed by atoms with E-state index in [-0.39, 0.29) is 28.2 Å². The van der Waals surface area contributed by atoms with Crippen LogP contribution in [-0.2, 0) is 10.2 Å². The first-order valence-electron chi connectivity index (χ1n) is 11.1. The molecule has 0 amide bonds. The molecule has 0 radical (unpaired) electrons. The van der Waals surface area contributed by atoms with E-state index in [1.165, 1.54) is 43.5 Å². The average molecular weight is 467 g/mol. The monoisotopic (exact) mass is 466 g/mol. The van der Waals surface area contributed by atoms with Gasteiger partial charge in [0.1, 0.15) is 11.5 Å². The van der Waals surface area contributed by atoms with E-state index in [1.807, 2.05) is 6.08 Å². The number of halogens is 3. The second-order valence-electron chi connectivity index (χ2n) is 8.42. The minimum atomic E-state index is -1.21. The number of phenolic OH excluding ortho intramolecular Hbond substituents is 1. The van der Waals surface area contributed by atoms with Crippen LogP contribution < -0.4 is 0 Å². The Kier molecular flexibility index (Phi) is 7.55. The Labute approximate surface area is 199 Å². The maximum Gasteiger partial charge on any atom is 0.169 e. The average Bonchev–Trinajstić information content (AvgIpc) is 2.85. The number of allylic oxidation sites excluding steroid dienone is 5. The normalized spacial score (nSPS) is 22.8. The van der Waals surface area contributed by atoms with Gasteiger partial charge in [0.15, 0.2) is 17.5 Å². The minimum Gasteiger partial charge on any atom is -0.508 e. The van der Waals surface area contributed by atoms with Crippen molar-refractivity contribution in [2.75, 3.05) is 7.11 Å². The molecule has 3 aliphatic rings. The molecule has 3 aliphatic carbocycles. The number of hydrogen-bond donors (Lipinski definition) is 1. The van der Waals surface area contributed by atoms with Crippen LogP contribution in [0.3, 0.4) is 0 Å². The molecular weight excluding hydrogens is 437 g/mol. The van der Waals surface area contributed by atoms with E-state index >= 15 is 13.2 Å². The van der Waals surface area contributed by atoms with Crippen LogP contribution in [0.15, 0.2) is 97.6 Å². The molecular formula is C29H29F3O2. The molecule has 2 aromatic carbocycles. The number of methoxy groups -OCH3 is 1. The van der Waals surface area contributed by atoms with Crippen molar-refractivity contribution in [1.82, 2.24) is 0 Å². The van der Waals surface area contributed by atoms with E-state index in [0.29, 0.717) is 29.9 Å². The Hall–Kier alpha value is -3.47. The van der Waals surface area contributed by atoms with Gasteiger partial charge in [-0.25, -0.2) is 13.2 Å². The Morgan fingerprint density at radius 2 is 1.74 bits per heavy atom. The molecule has 178 valence electrons. The molecule has 1 N–H and O–H groups in total. The van der Waals surface area contributed by atoms with E-state index in [1.54, 1.807) is 6.08 Å². The van der Waals surface area contributed by atoms with Gasteiger partial charge in [0, 0.05) is 22.1 Å². The first kappa shape index (κ1) is 25.2. The highest BCUT2D eigenvalue weighted by Gasteiger charge is 2.44. The van der Waals surface area contributed by atoms with Crippen molar-refractivity contribution in [1.29, 1.82) is 0 Å². The zero-order valence-electron chi connectivity index (χ0n) is 19.3. The summed E-state index contributed by atoms with van der Waals surface area (Å²) in [5.41, 5.74) is 0.0883. The molecule has 1 fully saturated rings. The first-order valence-corrected chi connectivity index (χ1v) is 11.1. The maximum atomic E-state index is 15.7.